The predicted molar refractivity (Wildman–Crippen MR) is 63.6 cm³/mol. The Kier molecular flexibility index (Phi) is 6.30. The van der Waals surface area contributed by atoms with E-state index in [0.717, 1.165) is 10.2 Å². The summed E-state index contributed by atoms with van der Waals surface area (Å²) in [6.45, 7) is 1.22. The van der Waals surface area contributed by atoms with E-state index in [1.165, 1.54) is 0 Å². The molecule has 1 rings (SSSR count). The van der Waals surface area contributed by atoms with Crippen LogP contribution in [0.5, 0.6) is 0 Å². The largest absolute Gasteiger partial charge is 0.383 e. The molecule has 3 N–H and O–H groups in total. The third-order valence-electron chi connectivity index (χ3n) is 1.56. The van der Waals surface area contributed by atoms with Gasteiger partial charge in [-0.05, 0) is 18.2 Å². The van der Waals surface area contributed by atoms with Crippen molar-refractivity contribution in [2.45, 2.75) is 0 Å². The van der Waals surface area contributed by atoms with E-state index >= 15 is 0 Å². The molecule has 0 radical (unpaired) electrons. The van der Waals surface area contributed by atoms with E-state index in [1.807, 2.05) is 12.1 Å². The first-order chi connectivity index (χ1) is 6.27. The van der Waals surface area contributed by atoms with Crippen molar-refractivity contribution >= 4 is 34.0 Å². The summed E-state index contributed by atoms with van der Waals surface area (Å²) in [5.41, 5.74) is 6.81. The van der Waals surface area contributed by atoms with Crippen LogP contribution < -0.4 is 11.1 Å². The first-order valence-electron chi connectivity index (χ1n) is 3.91. The van der Waals surface area contributed by atoms with Crippen molar-refractivity contribution in [1.82, 2.24) is 0 Å². The summed E-state index contributed by atoms with van der Waals surface area (Å²) in [4.78, 5) is 0. The van der Waals surface area contributed by atoms with Crippen LogP contribution in [-0.2, 0) is 0 Å². The predicted octanol–water partition coefficient (Wildman–Crippen LogP) is 2.11. The van der Waals surface area contributed by atoms with Crippen molar-refractivity contribution in [3.8, 4) is 6.07 Å². The Bertz CT molecular complexity index is 335. The Balaban J connectivity index is 0.00000169. The van der Waals surface area contributed by atoms with E-state index < -0.39 is 0 Å². The molecular formula is C9H11BrClN3. The molecule has 3 nitrogen and oxygen atoms in total. The SMILES string of the molecule is Cl.N#Cc1ccc(Br)cc1NCCN. The topological polar surface area (TPSA) is 61.8 Å². The normalized spacial score (nSPS) is 8.64. The Morgan fingerprint density at radius 3 is 2.79 bits per heavy atom. The molecule has 0 aliphatic rings. The average Bonchev–Trinajstić information content (AvgIpc) is 2.15. The van der Waals surface area contributed by atoms with Crippen molar-refractivity contribution in [2.75, 3.05) is 18.4 Å². The molecule has 0 heterocycles. The highest BCUT2D eigenvalue weighted by Gasteiger charge is 2.00. The fraction of sp³-hybridized carbons (Fsp3) is 0.222. The fourth-order valence-electron chi connectivity index (χ4n) is 0.967. The van der Waals surface area contributed by atoms with Gasteiger partial charge in [-0.25, -0.2) is 0 Å². The molecule has 0 aliphatic heterocycles. The first-order valence-corrected chi connectivity index (χ1v) is 4.71. The molecule has 0 saturated carbocycles. The zero-order valence-electron chi connectivity index (χ0n) is 7.46. The molecule has 0 amide bonds. The van der Waals surface area contributed by atoms with Crippen molar-refractivity contribution in [1.29, 1.82) is 5.26 Å². The van der Waals surface area contributed by atoms with Gasteiger partial charge in [-0.3, -0.25) is 0 Å². The second kappa shape index (κ2) is 6.66. The Hall–Kier alpha value is -0.760. The Morgan fingerprint density at radius 2 is 2.21 bits per heavy atom. The number of hydrogen-bond donors (Lipinski definition) is 2. The molecule has 5 heteroatoms. The number of nitrogens with zero attached hydrogens (tertiary/aromatic N) is 1. The summed E-state index contributed by atoms with van der Waals surface area (Å²) >= 11 is 3.34. The summed E-state index contributed by atoms with van der Waals surface area (Å²) in [6, 6.07) is 7.58. The number of nitriles is 1. The van der Waals surface area contributed by atoms with Crippen molar-refractivity contribution in [2.24, 2.45) is 5.73 Å². The number of rotatable bonds is 3. The van der Waals surface area contributed by atoms with Gasteiger partial charge in [0.1, 0.15) is 6.07 Å². The molecule has 0 fully saturated rings. The number of nitrogens with one attached hydrogen (secondary N) is 1. The van der Waals surface area contributed by atoms with E-state index in [2.05, 4.69) is 27.3 Å². The van der Waals surface area contributed by atoms with Gasteiger partial charge in [0.15, 0.2) is 0 Å². The van der Waals surface area contributed by atoms with Crippen LogP contribution in [0.25, 0.3) is 0 Å². The summed E-state index contributed by atoms with van der Waals surface area (Å²) in [7, 11) is 0. The maximum atomic E-state index is 8.77. The van der Waals surface area contributed by atoms with Crippen LogP contribution in [0.15, 0.2) is 22.7 Å². The maximum absolute atomic E-state index is 8.77. The quantitative estimate of drug-likeness (QED) is 0.889. The van der Waals surface area contributed by atoms with Crippen molar-refractivity contribution < 1.29 is 0 Å². The highest BCUT2D eigenvalue weighted by atomic mass is 79.9. The van der Waals surface area contributed by atoms with Crippen molar-refractivity contribution in [3.05, 3.63) is 28.2 Å². The van der Waals surface area contributed by atoms with Crippen LogP contribution in [0, 0.1) is 11.3 Å². The summed E-state index contributed by atoms with van der Waals surface area (Å²) in [6.07, 6.45) is 0. The third-order valence-corrected chi connectivity index (χ3v) is 2.06. The van der Waals surface area contributed by atoms with Gasteiger partial charge in [0.05, 0.1) is 11.3 Å². The number of hydrogen-bond acceptors (Lipinski definition) is 3. The van der Waals surface area contributed by atoms with Crippen LogP contribution in [-0.4, -0.2) is 13.1 Å². The van der Waals surface area contributed by atoms with Crippen molar-refractivity contribution in [3.63, 3.8) is 0 Å². The Morgan fingerprint density at radius 1 is 1.50 bits per heavy atom. The standard InChI is InChI=1S/C9H10BrN3.ClH/c10-8-2-1-7(6-12)9(5-8)13-4-3-11;/h1-2,5,13H,3-4,11H2;1H. The molecule has 1 aromatic carbocycles. The van der Waals surface area contributed by atoms with Gasteiger partial charge in [-0.15, -0.1) is 12.4 Å². The minimum Gasteiger partial charge on any atom is -0.383 e. The van der Waals surface area contributed by atoms with E-state index in [-0.39, 0.29) is 12.4 Å². The lowest BCUT2D eigenvalue weighted by molar-refractivity contribution is 1.02. The van der Waals surface area contributed by atoms with Crippen LogP contribution in [0.3, 0.4) is 0 Å². The van der Waals surface area contributed by atoms with Gasteiger partial charge in [0, 0.05) is 17.6 Å². The monoisotopic (exact) mass is 275 g/mol. The van der Waals surface area contributed by atoms with Gasteiger partial charge < -0.3 is 11.1 Å². The lowest BCUT2D eigenvalue weighted by Gasteiger charge is -2.06. The number of nitrogens with two attached hydrogens (primary N) is 1. The minimum absolute atomic E-state index is 0. The molecule has 0 unspecified atom stereocenters. The van der Waals surface area contributed by atoms with Gasteiger partial charge in [-0.1, -0.05) is 15.9 Å². The van der Waals surface area contributed by atoms with Crippen LogP contribution in [0.2, 0.25) is 0 Å². The molecular weight excluding hydrogens is 265 g/mol. The molecule has 0 atom stereocenters. The second-order valence-corrected chi connectivity index (χ2v) is 3.43. The molecule has 1 aromatic rings. The molecule has 0 bridgehead atoms. The van der Waals surface area contributed by atoms with Gasteiger partial charge in [-0.2, -0.15) is 5.26 Å². The number of halogens is 2. The van der Waals surface area contributed by atoms with Crippen LogP contribution in [0.1, 0.15) is 5.56 Å². The second-order valence-electron chi connectivity index (χ2n) is 2.52. The molecule has 0 aromatic heterocycles. The Labute approximate surface area is 97.8 Å². The van der Waals surface area contributed by atoms with Crippen LogP contribution in [0.4, 0.5) is 5.69 Å². The zero-order chi connectivity index (χ0) is 9.68. The smallest absolute Gasteiger partial charge is 0.101 e. The lowest BCUT2D eigenvalue weighted by Crippen LogP contribution is -2.13. The molecule has 0 aliphatic carbocycles. The number of anilines is 1. The van der Waals surface area contributed by atoms with E-state index in [1.54, 1.807) is 6.07 Å². The van der Waals surface area contributed by atoms with E-state index in [4.69, 9.17) is 11.0 Å². The highest BCUT2D eigenvalue weighted by Crippen LogP contribution is 2.20. The highest BCUT2D eigenvalue weighted by molar-refractivity contribution is 9.10. The molecule has 0 saturated heterocycles. The van der Waals surface area contributed by atoms with Gasteiger partial charge in [0.2, 0.25) is 0 Å². The van der Waals surface area contributed by atoms with Gasteiger partial charge >= 0.3 is 0 Å². The number of benzene rings is 1. The lowest BCUT2D eigenvalue weighted by atomic mass is 10.2. The third kappa shape index (κ3) is 3.54. The van der Waals surface area contributed by atoms with Gasteiger partial charge in [0.25, 0.3) is 0 Å². The van der Waals surface area contributed by atoms with E-state index in [9.17, 15) is 0 Å². The molecule has 76 valence electrons. The average molecular weight is 277 g/mol. The minimum atomic E-state index is 0. The molecule has 14 heavy (non-hydrogen) atoms. The molecule has 0 spiro atoms. The van der Waals surface area contributed by atoms with Crippen LogP contribution >= 0.6 is 28.3 Å². The maximum Gasteiger partial charge on any atom is 0.101 e. The fourth-order valence-corrected chi connectivity index (χ4v) is 1.33. The summed E-state index contributed by atoms with van der Waals surface area (Å²) in [5, 5.41) is 11.8. The first kappa shape index (κ1) is 13.2. The zero-order valence-corrected chi connectivity index (χ0v) is 9.86. The van der Waals surface area contributed by atoms with E-state index in [0.29, 0.717) is 18.7 Å². The summed E-state index contributed by atoms with van der Waals surface area (Å²) in [5.74, 6) is 0. The summed E-state index contributed by atoms with van der Waals surface area (Å²) < 4.78 is 0.950.